The van der Waals surface area contributed by atoms with Crippen LogP contribution in [0.5, 0.6) is 5.75 Å². The van der Waals surface area contributed by atoms with Gasteiger partial charge in [0.2, 0.25) is 0 Å². The van der Waals surface area contributed by atoms with E-state index >= 15 is 0 Å². The first-order valence-corrected chi connectivity index (χ1v) is 12.0. The molecule has 0 aliphatic rings. The molecule has 0 unspecified atom stereocenters. The predicted octanol–water partition coefficient (Wildman–Crippen LogP) is 6.91. The van der Waals surface area contributed by atoms with Crippen LogP contribution in [-0.4, -0.2) is 24.9 Å². The molecular weight excluding hydrogens is 355 g/mol. The van der Waals surface area contributed by atoms with Gasteiger partial charge in [-0.1, -0.05) is 65.2 Å². The molecule has 4 heteroatoms. The van der Waals surface area contributed by atoms with Crippen LogP contribution in [-0.2, 0) is 14.7 Å². The molecule has 0 bridgehead atoms. The van der Waals surface area contributed by atoms with Crippen LogP contribution in [0.25, 0.3) is 0 Å². The summed E-state index contributed by atoms with van der Waals surface area (Å²) in [5.41, 5.74) is 3.22. The summed E-state index contributed by atoms with van der Waals surface area (Å²) < 4.78 is 11.9. The maximum absolute atomic E-state index is 12.4. The molecule has 0 aliphatic carbocycles. The lowest BCUT2D eigenvalue weighted by Gasteiger charge is -2.24. The Balaban J connectivity index is 2.67. The number of carbonyl (C=O) groups excluding carboxylic acids is 1. The Bertz CT molecular complexity index is 582. The number of benzene rings is 1. The van der Waals surface area contributed by atoms with E-state index in [1.165, 1.54) is 31.2 Å². The molecule has 0 saturated carbocycles. The first kappa shape index (κ1) is 24.1. The Hall–Kier alpha value is -0.920. The molecule has 0 radical (unpaired) electrons. The second-order valence-corrected chi connectivity index (χ2v) is 10.5. The monoisotopic (exact) mass is 394 g/mol. The van der Waals surface area contributed by atoms with Gasteiger partial charge in [-0.2, -0.15) is 0 Å². The largest absolute Gasteiger partial charge is 0.426 e. The zero-order valence-corrected chi connectivity index (χ0v) is 19.4. The standard InChI is InChI=1S/C23H39O3P/c1-8-10-14-27(15-11-9-2)25-13-12-21(24)26-22-19(4)16-18(3)17-20(22)23(5,6)7/h16-17H,8-15H2,1-7H3. The lowest BCUT2D eigenvalue weighted by molar-refractivity contribution is -0.135. The summed E-state index contributed by atoms with van der Waals surface area (Å²) in [5, 5.41) is 0. The van der Waals surface area contributed by atoms with Gasteiger partial charge in [-0.15, -0.1) is 0 Å². The first-order chi connectivity index (χ1) is 12.7. The third-order valence-corrected chi connectivity index (χ3v) is 6.72. The van der Waals surface area contributed by atoms with Gasteiger partial charge >= 0.3 is 5.97 Å². The number of ether oxygens (including phenoxy) is 1. The van der Waals surface area contributed by atoms with Gasteiger partial charge in [-0.25, -0.2) is 0 Å². The highest BCUT2D eigenvalue weighted by molar-refractivity contribution is 7.52. The molecule has 0 aromatic heterocycles. The van der Waals surface area contributed by atoms with E-state index in [0.717, 1.165) is 29.2 Å². The van der Waals surface area contributed by atoms with Crippen molar-refractivity contribution < 1.29 is 14.1 Å². The van der Waals surface area contributed by atoms with Crippen LogP contribution in [0.1, 0.15) is 83.4 Å². The number of hydrogen-bond acceptors (Lipinski definition) is 3. The normalized spacial score (nSPS) is 11.9. The molecule has 0 spiro atoms. The van der Waals surface area contributed by atoms with Crippen LogP contribution in [0.3, 0.4) is 0 Å². The van der Waals surface area contributed by atoms with Crippen molar-refractivity contribution in [2.75, 3.05) is 18.9 Å². The molecule has 154 valence electrons. The molecule has 0 atom stereocenters. The van der Waals surface area contributed by atoms with Crippen LogP contribution in [0.15, 0.2) is 12.1 Å². The van der Waals surface area contributed by atoms with Crippen molar-refractivity contribution in [2.24, 2.45) is 0 Å². The van der Waals surface area contributed by atoms with Crippen molar-refractivity contribution >= 4 is 14.1 Å². The van der Waals surface area contributed by atoms with Gasteiger partial charge in [0.1, 0.15) is 5.75 Å². The van der Waals surface area contributed by atoms with E-state index in [-0.39, 0.29) is 11.4 Å². The van der Waals surface area contributed by atoms with Crippen molar-refractivity contribution in [1.29, 1.82) is 0 Å². The van der Waals surface area contributed by atoms with E-state index in [0.29, 0.717) is 13.0 Å². The molecule has 27 heavy (non-hydrogen) atoms. The average Bonchev–Trinajstić information content (AvgIpc) is 2.58. The Kier molecular flexibility index (Phi) is 10.6. The topological polar surface area (TPSA) is 35.5 Å². The minimum atomic E-state index is -0.405. The van der Waals surface area contributed by atoms with Crippen molar-refractivity contribution in [1.82, 2.24) is 0 Å². The third-order valence-electron chi connectivity index (χ3n) is 4.55. The van der Waals surface area contributed by atoms with Crippen LogP contribution in [0.2, 0.25) is 0 Å². The van der Waals surface area contributed by atoms with Crippen molar-refractivity contribution in [3.63, 3.8) is 0 Å². The molecule has 1 aromatic carbocycles. The summed E-state index contributed by atoms with van der Waals surface area (Å²) in [4.78, 5) is 12.4. The van der Waals surface area contributed by atoms with Crippen molar-refractivity contribution in [3.8, 4) is 5.75 Å². The molecule has 0 fully saturated rings. The Morgan fingerprint density at radius 1 is 1.04 bits per heavy atom. The van der Waals surface area contributed by atoms with E-state index in [1.807, 2.05) is 6.92 Å². The number of esters is 1. The Labute approximate surface area is 168 Å². The first-order valence-electron chi connectivity index (χ1n) is 10.4. The lowest BCUT2D eigenvalue weighted by Crippen LogP contribution is -2.18. The fraction of sp³-hybridized carbons (Fsp3) is 0.696. The molecule has 0 N–H and O–H groups in total. The summed E-state index contributed by atoms with van der Waals surface area (Å²) in [7, 11) is -0.405. The minimum absolute atomic E-state index is 0.0719. The molecule has 0 heterocycles. The van der Waals surface area contributed by atoms with Gasteiger partial charge in [-0.05, 0) is 50.0 Å². The van der Waals surface area contributed by atoms with Crippen molar-refractivity contribution in [2.45, 2.75) is 86.0 Å². The molecular formula is C23H39O3P. The van der Waals surface area contributed by atoms with Crippen LogP contribution >= 0.6 is 8.15 Å². The second kappa shape index (κ2) is 11.8. The third kappa shape index (κ3) is 8.75. The molecule has 0 aliphatic heterocycles. The maximum atomic E-state index is 12.4. The zero-order chi connectivity index (χ0) is 20.4. The van der Waals surface area contributed by atoms with Crippen LogP contribution in [0.4, 0.5) is 0 Å². The summed E-state index contributed by atoms with van der Waals surface area (Å²) in [6.07, 6.45) is 7.40. The van der Waals surface area contributed by atoms with E-state index in [9.17, 15) is 4.79 Å². The smallest absolute Gasteiger partial charge is 0.313 e. The summed E-state index contributed by atoms with van der Waals surface area (Å²) in [5.74, 6) is 0.519. The zero-order valence-electron chi connectivity index (χ0n) is 18.5. The maximum Gasteiger partial charge on any atom is 0.313 e. The highest BCUT2D eigenvalue weighted by atomic mass is 31.1. The molecule has 0 saturated heterocycles. The van der Waals surface area contributed by atoms with Gasteiger partial charge in [0, 0.05) is 13.7 Å². The van der Waals surface area contributed by atoms with Gasteiger partial charge in [-0.3, -0.25) is 4.79 Å². The van der Waals surface area contributed by atoms with E-state index in [2.05, 4.69) is 53.7 Å². The van der Waals surface area contributed by atoms with Gasteiger partial charge < -0.3 is 9.26 Å². The Morgan fingerprint density at radius 2 is 1.63 bits per heavy atom. The fourth-order valence-corrected chi connectivity index (χ4v) is 5.15. The summed E-state index contributed by atoms with van der Waals surface area (Å²) in [6.45, 7) is 15.4. The minimum Gasteiger partial charge on any atom is -0.426 e. The molecule has 1 aromatic rings. The number of unbranched alkanes of at least 4 members (excludes halogenated alkanes) is 2. The Morgan fingerprint density at radius 3 is 2.15 bits per heavy atom. The van der Waals surface area contributed by atoms with E-state index in [1.54, 1.807) is 0 Å². The number of rotatable bonds is 11. The molecule has 0 amide bonds. The van der Waals surface area contributed by atoms with E-state index < -0.39 is 8.15 Å². The highest BCUT2D eigenvalue weighted by Gasteiger charge is 2.23. The number of carbonyl (C=O) groups is 1. The van der Waals surface area contributed by atoms with Gasteiger partial charge in [0.15, 0.2) is 0 Å². The molecule has 3 nitrogen and oxygen atoms in total. The fourth-order valence-electron chi connectivity index (χ4n) is 2.98. The van der Waals surface area contributed by atoms with Crippen molar-refractivity contribution in [3.05, 3.63) is 28.8 Å². The van der Waals surface area contributed by atoms with E-state index in [4.69, 9.17) is 9.26 Å². The van der Waals surface area contributed by atoms with Crippen LogP contribution < -0.4 is 4.74 Å². The summed E-state index contributed by atoms with van der Waals surface area (Å²) >= 11 is 0. The number of aryl methyl sites for hydroxylation is 2. The predicted molar refractivity (Wildman–Crippen MR) is 117 cm³/mol. The van der Waals surface area contributed by atoms with Gasteiger partial charge in [0.25, 0.3) is 0 Å². The second-order valence-electron chi connectivity index (χ2n) is 8.40. The molecule has 1 rings (SSSR count). The lowest BCUT2D eigenvalue weighted by atomic mass is 9.84. The number of hydrogen-bond donors (Lipinski definition) is 0. The SMILES string of the molecule is CCCCP(CCCC)OCCC(=O)Oc1c(C)cc(C)cc1C(C)(C)C. The van der Waals surface area contributed by atoms with Gasteiger partial charge in [0.05, 0.1) is 13.0 Å². The highest BCUT2D eigenvalue weighted by Crippen LogP contribution is 2.39. The average molecular weight is 395 g/mol. The summed E-state index contributed by atoms with van der Waals surface area (Å²) in [6, 6.07) is 4.20. The quantitative estimate of drug-likeness (QED) is 0.232. The van der Waals surface area contributed by atoms with Crippen LogP contribution in [0, 0.1) is 13.8 Å².